The van der Waals surface area contributed by atoms with Gasteiger partial charge in [0.25, 0.3) is 0 Å². The van der Waals surface area contributed by atoms with E-state index in [-0.39, 0.29) is 0 Å². The number of ether oxygens (including phenoxy) is 1. The Balaban J connectivity index is 1.86. The number of hydrogen-bond donors (Lipinski definition) is 1. The number of rotatable bonds is 3. The molecule has 70 valence electrons. The van der Waals surface area contributed by atoms with E-state index in [0.29, 0.717) is 5.25 Å². The van der Waals surface area contributed by atoms with Crippen LogP contribution in [0.3, 0.4) is 0 Å². The van der Waals surface area contributed by atoms with Gasteiger partial charge in [-0.1, -0.05) is 12.1 Å². The van der Waals surface area contributed by atoms with Crippen molar-refractivity contribution in [2.75, 3.05) is 18.9 Å². The topological polar surface area (TPSA) is 35.2 Å². The van der Waals surface area contributed by atoms with Crippen LogP contribution >= 0.6 is 11.8 Å². The normalized spacial score (nSPS) is 16.9. The van der Waals surface area contributed by atoms with E-state index in [2.05, 4.69) is 6.07 Å². The van der Waals surface area contributed by atoms with Gasteiger partial charge >= 0.3 is 0 Å². The highest BCUT2D eigenvalue weighted by Crippen LogP contribution is 2.23. The van der Waals surface area contributed by atoms with Crippen molar-refractivity contribution in [1.82, 2.24) is 0 Å². The molecule has 2 rings (SSSR count). The smallest absolute Gasteiger partial charge is 0.0608 e. The lowest BCUT2D eigenvalue weighted by Crippen LogP contribution is -2.30. The summed E-state index contributed by atoms with van der Waals surface area (Å²) in [5.41, 5.74) is 7.83. The molecule has 1 saturated heterocycles. The van der Waals surface area contributed by atoms with Crippen molar-refractivity contribution in [3.8, 4) is 0 Å². The molecule has 1 fully saturated rings. The maximum atomic E-state index is 5.68. The van der Waals surface area contributed by atoms with Crippen LogP contribution in [0.15, 0.2) is 24.3 Å². The summed E-state index contributed by atoms with van der Waals surface area (Å²) in [5, 5.41) is 0.696. The van der Waals surface area contributed by atoms with Gasteiger partial charge in [-0.3, -0.25) is 0 Å². The molecule has 0 spiro atoms. The van der Waals surface area contributed by atoms with E-state index in [9.17, 15) is 0 Å². The predicted octanol–water partition coefficient (Wildman–Crippen LogP) is 1.90. The molecule has 0 radical (unpaired) electrons. The fourth-order valence-electron chi connectivity index (χ4n) is 1.21. The molecule has 3 heteroatoms. The highest BCUT2D eigenvalue weighted by Gasteiger charge is 2.18. The highest BCUT2D eigenvalue weighted by atomic mass is 32.2. The largest absolute Gasteiger partial charge is 0.399 e. The van der Waals surface area contributed by atoms with Gasteiger partial charge in [-0.05, 0) is 17.7 Å². The minimum atomic E-state index is 0.696. The van der Waals surface area contributed by atoms with Crippen molar-refractivity contribution in [2.45, 2.75) is 11.0 Å². The SMILES string of the molecule is Nc1cccc(CSC2COC2)c1. The van der Waals surface area contributed by atoms with Gasteiger partial charge in [-0.2, -0.15) is 0 Å². The van der Waals surface area contributed by atoms with Crippen LogP contribution < -0.4 is 5.73 Å². The molecule has 2 N–H and O–H groups in total. The zero-order valence-electron chi connectivity index (χ0n) is 7.40. The Hall–Kier alpha value is -0.670. The maximum Gasteiger partial charge on any atom is 0.0608 e. The Kier molecular flexibility index (Phi) is 2.76. The van der Waals surface area contributed by atoms with Crippen molar-refractivity contribution >= 4 is 17.4 Å². The lowest BCUT2D eigenvalue weighted by molar-refractivity contribution is 0.0455. The van der Waals surface area contributed by atoms with Crippen LogP contribution in [-0.2, 0) is 10.5 Å². The van der Waals surface area contributed by atoms with Crippen molar-refractivity contribution < 1.29 is 4.74 Å². The molecular formula is C10H13NOS. The summed E-state index contributed by atoms with van der Waals surface area (Å²) in [5.74, 6) is 1.04. The molecule has 0 aliphatic carbocycles. The fraction of sp³-hybridized carbons (Fsp3) is 0.400. The van der Waals surface area contributed by atoms with E-state index in [0.717, 1.165) is 24.7 Å². The molecule has 0 amide bonds. The van der Waals surface area contributed by atoms with Gasteiger partial charge in [0.15, 0.2) is 0 Å². The van der Waals surface area contributed by atoms with Gasteiger partial charge < -0.3 is 10.5 Å². The van der Waals surface area contributed by atoms with Gasteiger partial charge in [0, 0.05) is 11.4 Å². The Bertz CT molecular complexity index is 286. The molecule has 0 saturated carbocycles. The minimum Gasteiger partial charge on any atom is -0.399 e. The standard InChI is InChI=1S/C10H13NOS/c11-9-3-1-2-8(4-9)7-13-10-5-12-6-10/h1-4,10H,5-7,11H2. The minimum absolute atomic E-state index is 0.696. The lowest BCUT2D eigenvalue weighted by Gasteiger charge is -2.25. The third-order valence-corrected chi connectivity index (χ3v) is 3.29. The van der Waals surface area contributed by atoms with Gasteiger partial charge in [-0.25, -0.2) is 0 Å². The number of thioether (sulfide) groups is 1. The van der Waals surface area contributed by atoms with Crippen molar-refractivity contribution in [2.24, 2.45) is 0 Å². The summed E-state index contributed by atoms with van der Waals surface area (Å²) in [4.78, 5) is 0. The second-order valence-corrected chi connectivity index (χ2v) is 4.50. The van der Waals surface area contributed by atoms with Gasteiger partial charge in [0.05, 0.1) is 18.5 Å². The Labute approximate surface area is 82.5 Å². The highest BCUT2D eigenvalue weighted by molar-refractivity contribution is 7.99. The first kappa shape index (κ1) is 8.91. The quantitative estimate of drug-likeness (QED) is 0.748. The summed E-state index contributed by atoms with van der Waals surface area (Å²) in [6.45, 7) is 1.82. The second-order valence-electron chi connectivity index (χ2n) is 3.22. The Morgan fingerprint density at radius 3 is 2.92 bits per heavy atom. The van der Waals surface area contributed by atoms with E-state index in [4.69, 9.17) is 10.5 Å². The molecule has 0 atom stereocenters. The number of benzene rings is 1. The zero-order chi connectivity index (χ0) is 9.10. The molecule has 1 aliphatic heterocycles. The maximum absolute atomic E-state index is 5.68. The van der Waals surface area contributed by atoms with Crippen LogP contribution in [0.5, 0.6) is 0 Å². The molecule has 0 unspecified atom stereocenters. The first-order chi connectivity index (χ1) is 6.34. The van der Waals surface area contributed by atoms with E-state index >= 15 is 0 Å². The molecule has 1 aromatic rings. The van der Waals surface area contributed by atoms with Gasteiger partial charge in [0.1, 0.15) is 0 Å². The van der Waals surface area contributed by atoms with Gasteiger partial charge in [-0.15, -0.1) is 11.8 Å². The molecule has 0 bridgehead atoms. The van der Waals surface area contributed by atoms with Crippen molar-refractivity contribution in [3.05, 3.63) is 29.8 Å². The fourth-order valence-corrected chi connectivity index (χ4v) is 2.20. The van der Waals surface area contributed by atoms with E-state index in [1.54, 1.807) is 0 Å². The molecule has 1 aliphatic rings. The van der Waals surface area contributed by atoms with E-state index in [1.165, 1.54) is 5.56 Å². The predicted molar refractivity (Wildman–Crippen MR) is 56.8 cm³/mol. The monoisotopic (exact) mass is 195 g/mol. The summed E-state index contributed by atoms with van der Waals surface area (Å²) >= 11 is 1.94. The number of hydrogen-bond acceptors (Lipinski definition) is 3. The summed E-state index contributed by atoms with van der Waals surface area (Å²) in [7, 11) is 0. The molecule has 1 heterocycles. The van der Waals surface area contributed by atoms with Crippen LogP contribution in [0.1, 0.15) is 5.56 Å². The lowest BCUT2D eigenvalue weighted by atomic mass is 10.2. The third kappa shape index (κ3) is 2.39. The third-order valence-electron chi connectivity index (χ3n) is 2.04. The molecule has 0 aromatic heterocycles. The number of anilines is 1. The first-order valence-electron chi connectivity index (χ1n) is 4.38. The van der Waals surface area contributed by atoms with Crippen LogP contribution in [0.25, 0.3) is 0 Å². The summed E-state index contributed by atoms with van der Waals surface area (Å²) in [6, 6.07) is 8.07. The van der Waals surface area contributed by atoms with Crippen molar-refractivity contribution in [1.29, 1.82) is 0 Å². The molecule has 2 nitrogen and oxygen atoms in total. The zero-order valence-corrected chi connectivity index (χ0v) is 8.22. The second kappa shape index (κ2) is 4.03. The first-order valence-corrected chi connectivity index (χ1v) is 5.43. The van der Waals surface area contributed by atoms with E-state index in [1.807, 2.05) is 30.0 Å². The summed E-state index contributed by atoms with van der Waals surface area (Å²) < 4.78 is 5.10. The van der Waals surface area contributed by atoms with Crippen LogP contribution in [0.4, 0.5) is 5.69 Å². The molecule has 13 heavy (non-hydrogen) atoms. The van der Waals surface area contributed by atoms with Crippen LogP contribution in [-0.4, -0.2) is 18.5 Å². The van der Waals surface area contributed by atoms with Crippen molar-refractivity contribution in [3.63, 3.8) is 0 Å². The Morgan fingerprint density at radius 2 is 2.31 bits per heavy atom. The average molecular weight is 195 g/mol. The molecular weight excluding hydrogens is 182 g/mol. The van der Waals surface area contributed by atoms with Crippen LogP contribution in [0.2, 0.25) is 0 Å². The Morgan fingerprint density at radius 1 is 1.46 bits per heavy atom. The average Bonchev–Trinajstić information content (AvgIpc) is 2.01. The molecule has 1 aromatic carbocycles. The number of nitrogens with two attached hydrogens (primary N) is 1. The summed E-state index contributed by atoms with van der Waals surface area (Å²) in [6.07, 6.45) is 0. The van der Waals surface area contributed by atoms with Crippen LogP contribution in [0, 0.1) is 0 Å². The van der Waals surface area contributed by atoms with E-state index < -0.39 is 0 Å². The number of nitrogen functional groups attached to an aromatic ring is 1. The van der Waals surface area contributed by atoms with Gasteiger partial charge in [0.2, 0.25) is 0 Å².